The summed E-state index contributed by atoms with van der Waals surface area (Å²) in [6.45, 7) is 0. The average molecular weight is 356 g/mol. The largest absolute Gasteiger partial charge is 0.323 e. The minimum atomic E-state index is -0.129. The van der Waals surface area contributed by atoms with Crippen LogP contribution in [0.3, 0.4) is 0 Å². The van der Waals surface area contributed by atoms with Crippen molar-refractivity contribution in [3.63, 3.8) is 0 Å². The zero-order valence-electron chi connectivity index (χ0n) is 12.6. The Morgan fingerprint density at radius 1 is 1.00 bits per heavy atom. The summed E-state index contributed by atoms with van der Waals surface area (Å²) >= 11 is 7.46. The van der Waals surface area contributed by atoms with E-state index in [4.69, 9.17) is 11.6 Å². The van der Waals surface area contributed by atoms with Crippen LogP contribution in [0.2, 0.25) is 5.02 Å². The number of hydrogen-bond donors (Lipinski definition) is 1. The van der Waals surface area contributed by atoms with E-state index in [0.29, 0.717) is 16.5 Å². The van der Waals surface area contributed by atoms with Crippen LogP contribution in [0, 0.1) is 0 Å². The number of aromatic nitrogens is 2. The van der Waals surface area contributed by atoms with Gasteiger partial charge in [-0.05, 0) is 12.1 Å². The predicted octanol–water partition coefficient (Wildman–Crippen LogP) is 4.53. The summed E-state index contributed by atoms with van der Waals surface area (Å²) in [7, 11) is 0. The highest BCUT2D eigenvalue weighted by molar-refractivity contribution is 8.00. The Morgan fingerprint density at radius 3 is 2.38 bits per heavy atom. The molecule has 0 fully saturated rings. The molecular weight excluding hydrogens is 342 g/mol. The summed E-state index contributed by atoms with van der Waals surface area (Å²) in [5.74, 6) is 0.763. The van der Waals surface area contributed by atoms with Crippen LogP contribution in [0.4, 0.5) is 5.69 Å². The third-order valence-corrected chi connectivity index (χ3v) is 4.68. The van der Waals surface area contributed by atoms with Crippen molar-refractivity contribution in [3.8, 4) is 11.4 Å². The first-order valence-corrected chi connectivity index (χ1v) is 8.63. The van der Waals surface area contributed by atoms with Gasteiger partial charge in [0.2, 0.25) is 5.91 Å². The van der Waals surface area contributed by atoms with Gasteiger partial charge >= 0.3 is 0 Å². The van der Waals surface area contributed by atoms with Gasteiger partial charge in [-0.2, -0.15) is 0 Å². The maximum absolute atomic E-state index is 12.0. The first-order valence-electron chi connectivity index (χ1n) is 7.27. The van der Waals surface area contributed by atoms with Crippen LogP contribution in [0.1, 0.15) is 0 Å². The Hall–Kier alpha value is -2.37. The molecule has 0 spiro atoms. The summed E-state index contributed by atoms with van der Waals surface area (Å²) in [4.78, 5) is 21.5. The molecule has 120 valence electrons. The number of hydrogen-bond acceptors (Lipinski definition) is 4. The molecule has 0 saturated carbocycles. The SMILES string of the molecule is O=C(CSc1ccccc1Cl)Nc1cnc(-c2ccccc2)nc1. The first kappa shape index (κ1) is 16.5. The summed E-state index contributed by atoms with van der Waals surface area (Å²) in [5.41, 5.74) is 1.50. The molecule has 0 radical (unpaired) electrons. The monoisotopic (exact) mass is 355 g/mol. The molecule has 3 aromatic rings. The molecule has 1 amide bonds. The highest BCUT2D eigenvalue weighted by atomic mass is 35.5. The van der Waals surface area contributed by atoms with Crippen molar-refractivity contribution in [2.75, 3.05) is 11.1 Å². The number of anilines is 1. The molecule has 1 aromatic heterocycles. The van der Waals surface area contributed by atoms with Crippen molar-refractivity contribution in [2.24, 2.45) is 0 Å². The number of halogens is 1. The van der Waals surface area contributed by atoms with E-state index in [-0.39, 0.29) is 11.7 Å². The van der Waals surface area contributed by atoms with Gasteiger partial charge in [0.15, 0.2) is 5.82 Å². The summed E-state index contributed by atoms with van der Waals surface area (Å²) in [6, 6.07) is 17.1. The Bertz CT molecular complexity index is 825. The number of nitrogens with one attached hydrogen (secondary N) is 1. The van der Waals surface area contributed by atoms with E-state index >= 15 is 0 Å². The fourth-order valence-electron chi connectivity index (χ4n) is 2.03. The molecule has 2 aromatic carbocycles. The standard InChI is InChI=1S/C18H14ClN3OS/c19-15-8-4-5-9-16(15)24-12-17(23)22-14-10-20-18(21-11-14)13-6-2-1-3-7-13/h1-11H,12H2,(H,22,23). The lowest BCUT2D eigenvalue weighted by molar-refractivity contribution is -0.113. The molecule has 0 unspecified atom stereocenters. The van der Waals surface area contributed by atoms with Crippen LogP contribution in [-0.4, -0.2) is 21.6 Å². The first-order chi connectivity index (χ1) is 11.7. The Balaban J connectivity index is 1.58. The predicted molar refractivity (Wildman–Crippen MR) is 98.3 cm³/mol. The van der Waals surface area contributed by atoms with Crippen LogP contribution < -0.4 is 5.32 Å². The Labute approximate surface area is 149 Å². The normalized spacial score (nSPS) is 10.4. The maximum atomic E-state index is 12.0. The van der Waals surface area contributed by atoms with Crippen molar-refractivity contribution in [1.82, 2.24) is 9.97 Å². The molecule has 6 heteroatoms. The second-order valence-corrected chi connectivity index (χ2v) is 6.35. The topological polar surface area (TPSA) is 54.9 Å². The molecule has 1 N–H and O–H groups in total. The lowest BCUT2D eigenvalue weighted by Crippen LogP contribution is -2.14. The molecule has 0 atom stereocenters. The van der Waals surface area contributed by atoms with E-state index in [1.807, 2.05) is 48.5 Å². The van der Waals surface area contributed by atoms with Crippen molar-refractivity contribution >= 4 is 35.0 Å². The van der Waals surface area contributed by atoms with E-state index in [1.165, 1.54) is 11.8 Å². The molecule has 0 bridgehead atoms. The van der Waals surface area contributed by atoms with Gasteiger partial charge in [-0.15, -0.1) is 11.8 Å². The van der Waals surface area contributed by atoms with Crippen molar-refractivity contribution < 1.29 is 4.79 Å². The van der Waals surface area contributed by atoms with Gasteiger partial charge in [0.25, 0.3) is 0 Å². The Kier molecular flexibility index (Phi) is 5.46. The molecule has 3 rings (SSSR count). The Morgan fingerprint density at radius 2 is 1.67 bits per heavy atom. The van der Waals surface area contributed by atoms with Gasteiger partial charge in [-0.3, -0.25) is 4.79 Å². The lowest BCUT2D eigenvalue weighted by Gasteiger charge is -2.06. The number of thioether (sulfide) groups is 1. The number of carbonyl (C=O) groups is 1. The summed E-state index contributed by atoms with van der Waals surface area (Å²) in [5, 5.41) is 3.43. The van der Waals surface area contributed by atoms with Crippen LogP contribution in [0.25, 0.3) is 11.4 Å². The minimum Gasteiger partial charge on any atom is -0.323 e. The highest BCUT2D eigenvalue weighted by Gasteiger charge is 2.07. The van der Waals surface area contributed by atoms with Crippen LogP contribution in [0.5, 0.6) is 0 Å². The number of rotatable bonds is 5. The zero-order valence-corrected chi connectivity index (χ0v) is 14.2. The smallest absolute Gasteiger partial charge is 0.234 e. The molecule has 0 aliphatic carbocycles. The van der Waals surface area contributed by atoms with E-state index in [2.05, 4.69) is 15.3 Å². The van der Waals surface area contributed by atoms with Crippen LogP contribution in [-0.2, 0) is 4.79 Å². The quantitative estimate of drug-likeness (QED) is 0.683. The molecule has 1 heterocycles. The summed E-state index contributed by atoms with van der Waals surface area (Å²) in [6.07, 6.45) is 3.21. The van der Waals surface area contributed by atoms with Gasteiger partial charge in [0.05, 0.1) is 28.9 Å². The number of nitrogens with zero attached hydrogens (tertiary/aromatic N) is 2. The third kappa shape index (κ3) is 4.34. The van der Waals surface area contributed by atoms with Gasteiger partial charge in [-0.25, -0.2) is 9.97 Å². The third-order valence-electron chi connectivity index (χ3n) is 3.16. The second-order valence-electron chi connectivity index (χ2n) is 4.93. The maximum Gasteiger partial charge on any atom is 0.234 e. The molecular formula is C18H14ClN3OS. The van der Waals surface area contributed by atoms with Crippen molar-refractivity contribution in [1.29, 1.82) is 0 Å². The van der Waals surface area contributed by atoms with Gasteiger partial charge < -0.3 is 5.32 Å². The number of amides is 1. The van der Waals surface area contributed by atoms with E-state index in [9.17, 15) is 4.79 Å². The van der Waals surface area contributed by atoms with Gasteiger partial charge in [0, 0.05) is 10.5 Å². The molecule has 0 saturated heterocycles. The lowest BCUT2D eigenvalue weighted by atomic mass is 10.2. The highest BCUT2D eigenvalue weighted by Crippen LogP contribution is 2.26. The van der Waals surface area contributed by atoms with Gasteiger partial charge in [0.1, 0.15) is 0 Å². The fraction of sp³-hybridized carbons (Fsp3) is 0.0556. The number of carbonyl (C=O) groups excluding carboxylic acids is 1. The molecule has 0 aliphatic rings. The van der Waals surface area contributed by atoms with E-state index < -0.39 is 0 Å². The van der Waals surface area contributed by atoms with E-state index in [1.54, 1.807) is 18.5 Å². The number of benzene rings is 2. The van der Waals surface area contributed by atoms with Crippen molar-refractivity contribution in [2.45, 2.75) is 4.90 Å². The molecule has 0 aliphatic heterocycles. The molecule has 4 nitrogen and oxygen atoms in total. The van der Waals surface area contributed by atoms with Crippen LogP contribution in [0.15, 0.2) is 71.9 Å². The summed E-state index contributed by atoms with van der Waals surface area (Å²) < 4.78 is 0. The zero-order chi connectivity index (χ0) is 16.8. The molecule has 24 heavy (non-hydrogen) atoms. The average Bonchev–Trinajstić information content (AvgIpc) is 2.62. The van der Waals surface area contributed by atoms with Gasteiger partial charge in [-0.1, -0.05) is 54.1 Å². The van der Waals surface area contributed by atoms with Crippen molar-refractivity contribution in [3.05, 3.63) is 72.0 Å². The van der Waals surface area contributed by atoms with E-state index in [0.717, 1.165) is 10.5 Å². The minimum absolute atomic E-state index is 0.129. The fourth-order valence-corrected chi connectivity index (χ4v) is 3.07. The second kappa shape index (κ2) is 7.95. The van der Waals surface area contributed by atoms with Crippen LogP contribution >= 0.6 is 23.4 Å².